The zero-order chi connectivity index (χ0) is 19.3. The fourth-order valence-electron chi connectivity index (χ4n) is 2.05. The van der Waals surface area contributed by atoms with Crippen molar-refractivity contribution >= 4 is 23.2 Å². The van der Waals surface area contributed by atoms with Gasteiger partial charge >= 0.3 is 0 Å². The topological polar surface area (TPSA) is 77.7 Å². The van der Waals surface area contributed by atoms with Crippen LogP contribution in [0.1, 0.15) is 13.8 Å². The van der Waals surface area contributed by atoms with Crippen LogP contribution in [0.3, 0.4) is 0 Å². The summed E-state index contributed by atoms with van der Waals surface area (Å²) in [5.41, 5.74) is 0.781. The summed E-state index contributed by atoms with van der Waals surface area (Å²) in [6.07, 6.45) is 1.55. The summed E-state index contributed by atoms with van der Waals surface area (Å²) in [4.78, 5) is 16.6. The van der Waals surface area contributed by atoms with Gasteiger partial charge in [0.2, 0.25) is 5.88 Å². The fraction of sp³-hybridized carbons (Fsp3) is 0.235. The lowest BCUT2D eigenvalue weighted by Gasteiger charge is -2.09. The van der Waals surface area contributed by atoms with E-state index < -0.39 is 11.7 Å². The predicted octanol–water partition coefficient (Wildman–Crippen LogP) is 3.09. The number of benzene rings is 1. The molecule has 1 heterocycles. The fourth-order valence-corrected chi connectivity index (χ4v) is 2.21. The molecule has 0 aliphatic rings. The van der Waals surface area contributed by atoms with Gasteiger partial charge in [-0.3, -0.25) is 4.79 Å². The number of amides is 1. The third kappa shape index (κ3) is 4.40. The Kier molecular flexibility index (Phi) is 6.35. The molecule has 0 spiro atoms. The van der Waals surface area contributed by atoms with Crippen molar-refractivity contribution in [3.05, 3.63) is 52.6 Å². The zero-order valence-corrected chi connectivity index (χ0v) is 15.5. The Morgan fingerprint density at radius 2 is 2.08 bits per heavy atom. The van der Waals surface area contributed by atoms with Gasteiger partial charge in [0, 0.05) is 29.9 Å². The molecule has 0 atom stereocenters. The molecule has 0 aliphatic carbocycles. The highest BCUT2D eigenvalue weighted by Crippen LogP contribution is 2.20. The Morgan fingerprint density at radius 3 is 2.69 bits per heavy atom. The van der Waals surface area contributed by atoms with Gasteiger partial charge in [0.15, 0.2) is 5.71 Å². The summed E-state index contributed by atoms with van der Waals surface area (Å²) >= 11 is 5.75. The van der Waals surface area contributed by atoms with Gasteiger partial charge < -0.3 is 14.9 Å². The van der Waals surface area contributed by atoms with Crippen LogP contribution in [0, 0.1) is 5.82 Å². The van der Waals surface area contributed by atoms with Gasteiger partial charge in [-0.05, 0) is 32.0 Å². The van der Waals surface area contributed by atoms with E-state index in [9.17, 15) is 9.18 Å². The molecule has 0 radical (unpaired) electrons. The summed E-state index contributed by atoms with van der Waals surface area (Å²) in [5, 5.41) is 10.6. The van der Waals surface area contributed by atoms with Gasteiger partial charge in [0.1, 0.15) is 24.4 Å². The zero-order valence-electron chi connectivity index (χ0n) is 14.7. The summed E-state index contributed by atoms with van der Waals surface area (Å²) in [7, 11) is 2.83. The maximum atomic E-state index is 14.0. The number of rotatable bonds is 6. The number of nitrogens with one attached hydrogen (secondary N) is 1. The van der Waals surface area contributed by atoms with Crippen molar-refractivity contribution in [3.63, 3.8) is 0 Å². The molecule has 7 nitrogen and oxygen atoms in total. The second-order valence-corrected chi connectivity index (χ2v) is 5.62. The lowest BCUT2D eigenvalue weighted by Crippen LogP contribution is -2.29. The van der Waals surface area contributed by atoms with Gasteiger partial charge in [-0.2, -0.15) is 0 Å². The summed E-state index contributed by atoms with van der Waals surface area (Å²) in [5.74, 6) is -0.304. The van der Waals surface area contributed by atoms with Crippen LogP contribution in [0.25, 0.3) is 5.69 Å². The monoisotopic (exact) mass is 380 g/mol. The van der Waals surface area contributed by atoms with Crippen LogP contribution in [0.15, 0.2) is 47.0 Å². The lowest BCUT2D eigenvalue weighted by atomic mass is 10.1. The van der Waals surface area contributed by atoms with Gasteiger partial charge in [-0.1, -0.05) is 16.8 Å². The van der Waals surface area contributed by atoms with E-state index in [0.717, 1.165) is 0 Å². The Morgan fingerprint density at radius 1 is 1.35 bits per heavy atom. The average Bonchev–Trinajstić information content (AvgIpc) is 3.06. The third-order valence-corrected chi connectivity index (χ3v) is 3.72. The smallest absolute Gasteiger partial charge is 0.273 e. The normalized spacial score (nSPS) is 12.5. The third-order valence-electron chi connectivity index (χ3n) is 3.49. The number of nitrogens with zero attached hydrogens (tertiary/aromatic N) is 3. The molecule has 0 saturated heterocycles. The molecule has 1 aromatic carbocycles. The molecule has 26 heavy (non-hydrogen) atoms. The minimum Gasteiger partial charge on any atom is -0.442 e. The molecule has 1 aromatic heterocycles. The molecule has 0 aliphatic heterocycles. The van der Waals surface area contributed by atoms with Crippen LogP contribution in [-0.2, 0) is 9.63 Å². The second-order valence-electron chi connectivity index (χ2n) is 5.18. The molecule has 2 rings (SSSR count). The molecule has 0 bridgehead atoms. The number of oxime groups is 1. The van der Waals surface area contributed by atoms with E-state index >= 15 is 0 Å². The number of ether oxygens (including phenoxy) is 1. The molecule has 2 aromatic rings. The van der Waals surface area contributed by atoms with E-state index in [1.54, 1.807) is 32.2 Å². The maximum absolute atomic E-state index is 14.0. The minimum atomic E-state index is -0.510. The molecule has 1 N–H and O–H groups in total. The summed E-state index contributed by atoms with van der Waals surface area (Å²) in [6.45, 7) is 3.32. The first kappa shape index (κ1) is 19.5. The number of allylic oxidation sites excluding steroid dienone is 1. The molecular weight excluding hydrogens is 363 g/mol. The Labute approximate surface area is 155 Å². The van der Waals surface area contributed by atoms with Crippen molar-refractivity contribution in [2.24, 2.45) is 5.16 Å². The highest BCUT2D eigenvalue weighted by molar-refractivity contribution is 6.45. The van der Waals surface area contributed by atoms with Crippen molar-refractivity contribution in [1.82, 2.24) is 15.1 Å². The van der Waals surface area contributed by atoms with Crippen molar-refractivity contribution in [2.75, 3.05) is 14.2 Å². The average molecular weight is 381 g/mol. The molecule has 1 amide bonds. The van der Waals surface area contributed by atoms with Gasteiger partial charge in [-0.15, -0.1) is 5.10 Å². The van der Waals surface area contributed by atoms with Crippen LogP contribution in [0.2, 0.25) is 5.02 Å². The van der Waals surface area contributed by atoms with Crippen molar-refractivity contribution < 1.29 is 18.8 Å². The van der Waals surface area contributed by atoms with Gasteiger partial charge in [-0.25, -0.2) is 9.07 Å². The van der Waals surface area contributed by atoms with Crippen LogP contribution in [-0.4, -0.2) is 35.6 Å². The standard InChI is InChI=1S/C17H18ClFN4O3/c1-10(16(22-25-4)17(24)20-3)11(2)26-15-7-8-23(21-15)14-6-5-12(18)9-13(14)19/h5-9H,1-4H3,(H,20,24). The highest BCUT2D eigenvalue weighted by Gasteiger charge is 2.17. The van der Waals surface area contributed by atoms with Gasteiger partial charge in [0.25, 0.3) is 5.91 Å². The van der Waals surface area contributed by atoms with E-state index in [2.05, 4.69) is 15.6 Å². The van der Waals surface area contributed by atoms with Crippen molar-refractivity contribution in [3.8, 4) is 11.6 Å². The molecule has 0 fully saturated rings. The quantitative estimate of drug-likeness (QED) is 0.474. The SMILES string of the molecule is CNC(=O)C(=NOC)C(C)=C(C)Oc1ccn(-c2ccc(Cl)cc2F)n1. The highest BCUT2D eigenvalue weighted by atomic mass is 35.5. The first-order valence-corrected chi connectivity index (χ1v) is 7.95. The number of carbonyl (C=O) groups is 1. The van der Waals surface area contributed by atoms with Crippen LogP contribution in [0.4, 0.5) is 4.39 Å². The van der Waals surface area contributed by atoms with E-state index in [1.165, 1.54) is 31.0 Å². The number of halogens is 2. The lowest BCUT2D eigenvalue weighted by molar-refractivity contribution is -0.114. The Hall–Kier alpha value is -2.87. The van der Waals surface area contributed by atoms with Crippen LogP contribution < -0.4 is 10.1 Å². The molecular formula is C17H18ClFN4O3. The van der Waals surface area contributed by atoms with Crippen LogP contribution >= 0.6 is 11.6 Å². The van der Waals surface area contributed by atoms with Crippen LogP contribution in [0.5, 0.6) is 5.88 Å². The van der Waals surface area contributed by atoms with E-state index in [1.807, 2.05) is 0 Å². The van der Waals surface area contributed by atoms with E-state index in [-0.39, 0.29) is 17.3 Å². The first-order valence-electron chi connectivity index (χ1n) is 7.57. The number of carbonyl (C=O) groups excluding carboxylic acids is 1. The summed E-state index contributed by atoms with van der Waals surface area (Å²) < 4.78 is 21.0. The molecule has 0 unspecified atom stereocenters. The Balaban J connectivity index is 2.27. The molecule has 138 valence electrons. The molecule has 9 heteroatoms. The van der Waals surface area contributed by atoms with E-state index in [0.29, 0.717) is 16.4 Å². The first-order chi connectivity index (χ1) is 12.4. The minimum absolute atomic E-state index is 0.0793. The van der Waals surface area contributed by atoms with Gasteiger partial charge in [0.05, 0.1) is 0 Å². The Bertz CT molecular complexity index is 877. The summed E-state index contributed by atoms with van der Waals surface area (Å²) in [6, 6.07) is 5.84. The number of hydrogen-bond acceptors (Lipinski definition) is 5. The maximum Gasteiger partial charge on any atom is 0.273 e. The number of aromatic nitrogens is 2. The number of hydrogen-bond donors (Lipinski definition) is 1. The second kappa shape index (κ2) is 8.48. The van der Waals surface area contributed by atoms with Crippen molar-refractivity contribution in [2.45, 2.75) is 13.8 Å². The van der Waals surface area contributed by atoms with E-state index in [4.69, 9.17) is 21.2 Å². The largest absolute Gasteiger partial charge is 0.442 e. The van der Waals surface area contributed by atoms with Crippen molar-refractivity contribution in [1.29, 1.82) is 0 Å². The predicted molar refractivity (Wildman–Crippen MR) is 96.0 cm³/mol. The molecule has 0 saturated carbocycles.